The zero-order valence-corrected chi connectivity index (χ0v) is 11.9. The number of nitrogens with one attached hydrogen (secondary N) is 1. The highest BCUT2D eigenvalue weighted by atomic mass is 79.9. The Hall–Kier alpha value is -0.540. The third kappa shape index (κ3) is 4.54. The lowest BCUT2D eigenvalue weighted by atomic mass is 10.2. The third-order valence-corrected chi connectivity index (χ3v) is 3.45. The van der Waals surface area contributed by atoms with E-state index in [4.69, 9.17) is 0 Å². The average Bonchev–Trinajstić information content (AvgIpc) is 2.28. The van der Waals surface area contributed by atoms with Crippen molar-refractivity contribution in [3.63, 3.8) is 0 Å². The van der Waals surface area contributed by atoms with Crippen LogP contribution in [0.3, 0.4) is 0 Å². The summed E-state index contributed by atoms with van der Waals surface area (Å²) in [5.74, 6) is 0. The first-order chi connectivity index (χ1) is 7.63. The summed E-state index contributed by atoms with van der Waals surface area (Å²) in [6, 6.07) is 8.93. The fraction of sp³-hybridized carbons (Fsp3) is 0.538. The molecule has 0 aromatic heterocycles. The molecule has 1 atom stereocenters. The van der Waals surface area contributed by atoms with Crippen LogP contribution in [-0.4, -0.2) is 31.1 Å². The van der Waals surface area contributed by atoms with Crippen molar-refractivity contribution in [2.75, 3.05) is 25.5 Å². The predicted octanol–water partition coefficient (Wildman–Crippen LogP) is 3.59. The third-order valence-electron chi connectivity index (χ3n) is 2.96. The molecule has 3 heteroatoms. The topological polar surface area (TPSA) is 15.3 Å². The molecular formula is C13H21BrN2. The van der Waals surface area contributed by atoms with Gasteiger partial charge < -0.3 is 10.2 Å². The minimum absolute atomic E-state index is 0.657. The number of halogens is 1. The highest BCUT2D eigenvalue weighted by Crippen LogP contribution is 2.15. The molecule has 0 saturated carbocycles. The number of rotatable bonds is 6. The molecule has 0 spiro atoms. The molecule has 16 heavy (non-hydrogen) atoms. The first-order valence-corrected chi connectivity index (χ1v) is 6.62. The Balaban J connectivity index is 2.30. The van der Waals surface area contributed by atoms with Crippen LogP contribution in [0.15, 0.2) is 28.7 Å². The van der Waals surface area contributed by atoms with Crippen molar-refractivity contribution in [3.8, 4) is 0 Å². The number of nitrogens with zero attached hydrogens (tertiary/aromatic N) is 1. The maximum absolute atomic E-state index is 3.47. The lowest BCUT2D eigenvalue weighted by Crippen LogP contribution is -2.32. The van der Waals surface area contributed by atoms with Crippen molar-refractivity contribution in [1.29, 1.82) is 0 Å². The molecule has 0 bridgehead atoms. The molecule has 0 fully saturated rings. The summed E-state index contributed by atoms with van der Waals surface area (Å²) in [6.45, 7) is 6.54. The van der Waals surface area contributed by atoms with Crippen LogP contribution in [0, 0.1) is 0 Å². The Morgan fingerprint density at radius 2 is 2.19 bits per heavy atom. The van der Waals surface area contributed by atoms with Gasteiger partial charge in [-0.2, -0.15) is 0 Å². The molecule has 0 saturated heterocycles. The van der Waals surface area contributed by atoms with E-state index >= 15 is 0 Å². The van der Waals surface area contributed by atoms with Crippen LogP contribution < -0.4 is 5.32 Å². The monoisotopic (exact) mass is 284 g/mol. The molecule has 0 radical (unpaired) electrons. The lowest BCUT2D eigenvalue weighted by Gasteiger charge is -2.23. The van der Waals surface area contributed by atoms with Gasteiger partial charge in [-0.3, -0.25) is 0 Å². The summed E-state index contributed by atoms with van der Waals surface area (Å²) >= 11 is 3.47. The summed E-state index contributed by atoms with van der Waals surface area (Å²) in [7, 11) is 2.18. The quantitative estimate of drug-likeness (QED) is 0.859. The number of hydrogen-bond donors (Lipinski definition) is 1. The Morgan fingerprint density at radius 3 is 2.81 bits per heavy atom. The molecule has 1 aromatic carbocycles. The first kappa shape index (κ1) is 13.5. The van der Waals surface area contributed by atoms with E-state index in [0.29, 0.717) is 6.04 Å². The molecule has 1 N–H and O–H groups in total. The van der Waals surface area contributed by atoms with E-state index in [1.165, 1.54) is 12.1 Å². The Morgan fingerprint density at radius 1 is 1.44 bits per heavy atom. The molecule has 90 valence electrons. The smallest absolute Gasteiger partial charge is 0.0351 e. The minimum atomic E-state index is 0.657. The first-order valence-electron chi connectivity index (χ1n) is 5.83. The molecule has 1 rings (SSSR count). The van der Waals surface area contributed by atoms with Crippen molar-refractivity contribution in [2.24, 2.45) is 0 Å². The van der Waals surface area contributed by atoms with Gasteiger partial charge >= 0.3 is 0 Å². The van der Waals surface area contributed by atoms with E-state index in [9.17, 15) is 0 Å². The number of benzene rings is 1. The second-order valence-corrected chi connectivity index (χ2v) is 5.09. The molecule has 2 nitrogen and oxygen atoms in total. The Bertz CT molecular complexity index is 315. The van der Waals surface area contributed by atoms with Gasteiger partial charge in [0.2, 0.25) is 0 Å². The second-order valence-electron chi connectivity index (χ2n) is 4.18. The highest BCUT2D eigenvalue weighted by molar-refractivity contribution is 9.10. The summed E-state index contributed by atoms with van der Waals surface area (Å²) in [5.41, 5.74) is 1.17. The van der Waals surface area contributed by atoms with Crippen LogP contribution in [0.1, 0.15) is 20.3 Å². The normalized spacial score (nSPS) is 12.8. The van der Waals surface area contributed by atoms with Crippen LogP contribution in [-0.2, 0) is 0 Å². The lowest BCUT2D eigenvalue weighted by molar-refractivity contribution is 0.261. The fourth-order valence-electron chi connectivity index (χ4n) is 1.51. The van der Waals surface area contributed by atoms with Gasteiger partial charge in [0.15, 0.2) is 0 Å². The molecule has 1 aromatic rings. The molecular weight excluding hydrogens is 264 g/mol. The SMILES string of the molecule is CCC(C)N(C)CCNc1cccc(Br)c1. The van der Waals surface area contributed by atoms with Crippen LogP contribution in [0.25, 0.3) is 0 Å². The summed E-state index contributed by atoms with van der Waals surface area (Å²) in [4.78, 5) is 2.38. The molecule has 0 aliphatic carbocycles. The second kappa shape index (κ2) is 6.92. The molecule has 0 heterocycles. The average molecular weight is 285 g/mol. The molecule has 1 unspecified atom stereocenters. The number of anilines is 1. The van der Waals surface area contributed by atoms with Crippen molar-refractivity contribution >= 4 is 21.6 Å². The Kier molecular flexibility index (Phi) is 5.85. The van der Waals surface area contributed by atoms with Crippen molar-refractivity contribution in [3.05, 3.63) is 28.7 Å². The van der Waals surface area contributed by atoms with Gasteiger partial charge in [-0.1, -0.05) is 28.9 Å². The van der Waals surface area contributed by atoms with E-state index < -0.39 is 0 Å². The van der Waals surface area contributed by atoms with Crippen molar-refractivity contribution < 1.29 is 0 Å². The van der Waals surface area contributed by atoms with E-state index in [0.717, 1.165) is 17.6 Å². The number of likely N-dealkylation sites (N-methyl/N-ethyl adjacent to an activating group) is 1. The van der Waals surface area contributed by atoms with Gasteiger partial charge in [-0.15, -0.1) is 0 Å². The fourth-order valence-corrected chi connectivity index (χ4v) is 1.91. The summed E-state index contributed by atoms with van der Waals surface area (Å²) < 4.78 is 1.12. The van der Waals surface area contributed by atoms with Gasteiger partial charge in [0.1, 0.15) is 0 Å². The van der Waals surface area contributed by atoms with Crippen LogP contribution in [0.5, 0.6) is 0 Å². The van der Waals surface area contributed by atoms with Crippen LogP contribution in [0.4, 0.5) is 5.69 Å². The van der Waals surface area contributed by atoms with Gasteiger partial charge in [-0.25, -0.2) is 0 Å². The predicted molar refractivity (Wildman–Crippen MR) is 75.0 cm³/mol. The maximum atomic E-state index is 3.47. The van der Waals surface area contributed by atoms with Gasteiger partial charge in [-0.05, 0) is 38.6 Å². The standard InChI is InChI=1S/C13H21BrN2/c1-4-11(2)16(3)9-8-15-13-7-5-6-12(14)10-13/h5-7,10-11,15H,4,8-9H2,1-3H3. The van der Waals surface area contributed by atoms with E-state index in [-0.39, 0.29) is 0 Å². The van der Waals surface area contributed by atoms with E-state index in [2.05, 4.69) is 59.2 Å². The molecule has 0 aliphatic heterocycles. The number of hydrogen-bond acceptors (Lipinski definition) is 2. The van der Waals surface area contributed by atoms with Crippen LogP contribution in [0.2, 0.25) is 0 Å². The largest absolute Gasteiger partial charge is 0.384 e. The van der Waals surface area contributed by atoms with Crippen molar-refractivity contribution in [1.82, 2.24) is 4.90 Å². The molecule has 0 amide bonds. The van der Waals surface area contributed by atoms with Gasteiger partial charge in [0.25, 0.3) is 0 Å². The maximum Gasteiger partial charge on any atom is 0.0351 e. The van der Waals surface area contributed by atoms with Gasteiger partial charge in [0.05, 0.1) is 0 Å². The Labute approximate surface area is 107 Å². The van der Waals surface area contributed by atoms with Gasteiger partial charge in [0, 0.05) is 29.3 Å². The van der Waals surface area contributed by atoms with E-state index in [1.54, 1.807) is 0 Å². The zero-order chi connectivity index (χ0) is 12.0. The highest BCUT2D eigenvalue weighted by Gasteiger charge is 2.05. The molecule has 0 aliphatic rings. The minimum Gasteiger partial charge on any atom is -0.384 e. The van der Waals surface area contributed by atoms with E-state index in [1.807, 2.05) is 12.1 Å². The van der Waals surface area contributed by atoms with Crippen LogP contribution >= 0.6 is 15.9 Å². The summed E-state index contributed by atoms with van der Waals surface area (Å²) in [6.07, 6.45) is 1.20. The zero-order valence-electron chi connectivity index (χ0n) is 10.3. The summed E-state index contributed by atoms with van der Waals surface area (Å²) in [5, 5.41) is 3.42. The van der Waals surface area contributed by atoms with Crippen molar-refractivity contribution in [2.45, 2.75) is 26.3 Å².